The van der Waals surface area contributed by atoms with Crippen LogP contribution in [0.1, 0.15) is 58.9 Å². The Balaban J connectivity index is 0.000000956. The van der Waals surface area contributed by atoms with Gasteiger partial charge in [-0.25, -0.2) is 4.79 Å². The van der Waals surface area contributed by atoms with Crippen LogP contribution < -0.4 is 10.1 Å². The number of hydrogen-bond donors (Lipinski definition) is 3. The van der Waals surface area contributed by atoms with E-state index in [1.165, 1.54) is 5.56 Å². The van der Waals surface area contributed by atoms with Crippen LogP contribution in [0.15, 0.2) is 24.3 Å². The smallest absolute Gasteiger partial charge is 0.490 e. The summed E-state index contributed by atoms with van der Waals surface area (Å²) in [4.78, 5) is 8.90. The lowest BCUT2D eigenvalue weighted by atomic mass is 9.99. The Hall–Kier alpha value is -1.80. The quantitative estimate of drug-likeness (QED) is 0.516. The molecule has 168 valence electrons. The summed E-state index contributed by atoms with van der Waals surface area (Å²) in [6.45, 7) is 8.23. The number of methoxy groups -OCH3 is 1. The number of benzene rings is 1. The topological polar surface area (TPSA) is 78.8 Å². The van der Waals surface area contributed by atoms with Gasteiger partial charge in [0, 0.05) is 12.1 Å². The van der Waals surface area contributed by atoms with Crippen LogP contribution in [0.25, 0.3) is 0 Å². The molecule has 2 atom stereocenters. The van der Waals surface area contributed by atoms with Crippen molar-refractivity contribution >= 4 is 5.97 Å². The molecule has 0 bridgehead atoms. The lowest BCUT2D eigenvalue weighted by Crippen LogP contribution is -2.35. The zero-order chi connectivity index (χ0) is 22.7. The molecule has 0 aromatic heterocycles. The molecular weight excluding hydrogens is 387 g/mol. The molecule has 29 heavy (non-hydrogen) atoms. The van der Waals surface area contributed by atoms with Gasteiger partial charge in [0.05, 0.1) is 12.7 Å². The van der Waals surface area contributed by atoms with Crippen molar-refractivity contribution in [3.05, 3.63) is 29.8 Å². The molecule has 0 heterocycles. The number of alkyl halides is 3. The highest BCUT2D eigenvalue weighted by molar-refractivity contribution is 5.73. The van der Waals surface area contributed by atoms with Gasteiger partial charge in [0.2, 0.25) is 0 Å². The van der Waals surface area contributed by atoms with E-state index in [9.17, 15) is 18.3 Å². The lowest BCUT2D eigenvalue weighted by Gasteiger charge is -2.22. The Morgan fingerprint density at radius 2 is 1.59 bits per heavy atom. The van der Waals surface area contributed by atoms with Crippen molar-refractivity contribution in [1.29, 1.82) is 0 Å². The Kier molecular flexibility index (Phi) is 11.9. The van der Waals surface area contributed by atoms with E-state index >= 15 is 0 Å². The van der Waals surface area contributed by atoms with Gasteiger partial charge in [0.25, 0.3) is 0 Å². The molecule has 2 unspecified atom stereocenters. The second-order valence-corrected chi connectivity index (χ2v) is 7.86. The maximum atomic E-state index is 10.6. The molecule has 0 aliphatic heterocycles. The fourth-order valence-electron chi connectivity index (χ4n) is 2.67. The van der Waals surface area contributed by atoms with Crippen LogP contribution in [0.4, 0.5) is 13.2 Å². The molecule has 0 saturated heterocycles. The normalized spacial score (nSPS) is 13.8. The van der Waals surface area contributed by atoms with Gasteiger partial charge >= 0.3 is 12.1 Å². The van der Waals surface area contributed by atoms with E-state index in [-0.39, 0.29) is 0 Å². The van der Waals surface area contributed by atoms with Gasteiger partial charge in [-0.15, -0.1) is 0 Å². The Morgan fingerprint density at radius 1 is 1.10 bits per heavy atom. The van der Waals surface area contributed by atoms with Gasteiger partial charge in [0.1, 0.15) is 5.75 Å². The van der Waals surface area contributed by atoms with Crippen LogP contribution in [0.2, 0.25) is 0 Å². The first-order valence-electron chi connectivity index (χ1n) is 9.66. The summed E-state index contributed by atoms with van der Waals surface area (Å²) in [6, 6.07) is 9.31. The summed E-state index contributed by atoms with van der Waals surface area (Å²) >= 11 is 0. The first-order valence-corrected chi connectivity index (χ1v) is 9.66. The molecule has 8 heteroatoms. The Morgan fingerprint density at radius 3 is 2.00 bits per heavy atom. The number of aryl methyl sites for hydroxylation is 1. The van der Waals surface area contributed by atoms with Crippen molar-refractivity contribution in [3.63, 3.8) is 0 Å². The van der Waals surface area contributed by atoms with Crippen LogP contribution in [-0.2, 0) is 11.2 Å². The van der Waals surface area contributed by atoms with Crippen molar-refractivity contribution in [2.45, 2.75) is 83.7 Å². The molecule has 0 aliphatic carbocycles. The number of nitrogens with one attached hydrogen (secondary N) is 1. The van der Waals surface area contributed by atoms with E-state index in [0.717, 1.165) is 37.9 Å². The molecule has 1 rings (SSSR count). The van der Waals surface area contributed by atoms with Gasteiger partial charge < -0.3 is 20.3 Å². The molecule has 1 aromatic rings. The second kappa shape index (κ2) is 12.7. The number of aliphatic hydroxyl groups is 1. The molecule has 1 aromatic carbocycles. The number of rotatable bonds is 10. The standard InChI is InChI=1S/C19H33NO2.C2HF3O2/c1-15(7-6-14-19(3,4)21)20-16(2)8-9-17-10-12-18(22-5)13-11-17;3-2(4,5)1(6)7/h10-13,15-16,20-21H,6-9,14H2,1-5H3;(H,6,7). The number of carbonyl (C=O) groups is 1. The fraction of sp³-hybridized carbons (Fsp3) is 0.667. The minimum Gasteiger partial charge on any atom is -0.497 e. The minimum absolute atomic E-state index is 0.494. The number of halogens is 3. The van der Waals surface area contributed by atoms with E-state index in [1.807, 2.05) is 26.0 Å². The zero-order valence-electron chi connectivity index (χ0n) is 17.8. The third-order valence-electron chi connectivity index (χ3n) is 4.26. The molecule has 0 amide bonds. The first kappa shape index (κ1) is 27.2. The summed E-state index contributed by atoms with van der Waals surface area (Å²) < 4.78 is 36.9. The summed E-state index contributed by atoms with van der Waals surface area (Å²) in [5.41, 5.74) is 0.809. The van der Waals surface area contributed by atoms with E-state index in [1.54, 1.807) is 7.11 Å². The van der Waals surface area contributed by atoms with Crippen LogP contribution >= 0.6 is 0 Å². The highest BCUT2D eigenvalue weighted by Gasteiger charge is 2.38. The van der Waals surface area contributed by atoms with Crippen molar-refractivity contribution in [2.75, 3.05) is 7.11 Å². The summed E-state index contributed by atoms with van der Waals surface area (Å²) in [6.07, 6.45) is 0.149. The molecule has 0 fully saturated rings. The van der Waals surface area contributed by atoms with E-state index < -0.39 is 17.7 Å². The average Bonchev–Trinajstić information content (AvgIpc) is 2.59. The predicted octanol–water partition coefficient (Wildman–Crippen LogP) is 4.57. The van der Waals surface area contributed by atoms with Crippen LogP contribution in [0, 0.1) is 0 Å². The van der Waals surface area contributed by atoms with Crippen molar-refractivity contribution in [1.82, 2.24) is 5.32 Å². The highest BCUT2D eigenvalue weighted by Crippen LogP contribution is 2.15. The number of hydrogen-bond acceptors (Lipinski definition) is 4. The lowest BCUT2D eigenvalue weighted by molar-refractivity contribution is -0.192. The maximum absolute atomic E-state index is 10.6. The molecule has 0 spiro atoms. The van der Waals surface area contributed by atoms with Gasteiger partial charge in [-0.05, 0) is 77.5 Å². The first-order chi connectivity index (χ1) is 13.2. The summed E-state index contributed by atoms with van der Waals surface area (Å²) in [5, 5.41) is 20.5. The van der Waals surface area contributed by atoms with Gasteiger partial charge in [-0.2, -0.15) is 13.2 Å². The molecular formula is C21H34F3NO4. The van der Waals surface area contributed by atoms with Crippen LogP contribution in [-0.4, -0.2) is 47.2 Å². The molecule has 0 radical (unpaired) electrons. The molecule has 5 nitrogen and oxygen atoms in total. The molecule has 0 aliphatic rings. The van der Waals surface area contributed by atoms with Gasteiger partial charge in [-0.3, -0.25) is 0 Å². The van der Waals surface area contributed by atoms with E-state index in [4.69, 9.17) is 14.6 Å². The number of ether oxygens (including phenoxy) is 1. The second-order valence-electron chi connectivity index (χ2n) is 7.86. The predicted molar refractivity (Wildman–Crippen MR) is 107 cm³/mol. The Bertz CT molecular complexity index is 583. The zero-order valence-corrected chi connectivity index (χ0v) is 17.8. The third-order valence-corrected chi connectivity index (χ3v) is 4.26. The number of aliphatic carboxylic acids is 1. The summed E-state index contributed by atoms with van der Waals surface area (Å²) in [5.74, 6) is -1.84. The Labute approximate surface area is 171 Å². The van der Waals surface area contributed by atoms with Crippen molar-refractivity contribution < 1.29 is 32.9 Å². The number of carboxylic acid groups (broad SMARTS) is 1. The monoisotopic (exact) mass is 421 g/mol. The SMILES string of the molecule is COc1ccc(CCC(C)NC(C)CCCC(C)(C)O)cc1.O=C(O)C(F)(F)F. The van der Waals surface area contributed by atoms with E-state index in [2.05, 4.69) is 31.3 Å². The van der Waals surface area contributed by atoms with Crippen molar-refractivity contribution in [3.8, 4) is 5.75 Å². The molecule has 3 N–H and O–H groups in total. The van der Waals surface area contributed by atoms with Crippen LogP contribution in [0.3, 0.4) is 0 Å². The van der Waals surface area contributed by atoms with Gasteiger partial charge in [-0.1, -0.05) is 12.1 Å². The maximum Gasteiger partial charge on any atom is 0.490 e. The third kappa shape index (κ3) is 14.8. The van der Waals surface area contributed by atoms with Crippen LogP contribution in [0.5, 0.6) is 5.75 Å². The highest BCUT2D eigenvalue weighted by atomic mass is 19.4. The summed E-state index contributed by atoms with van der Waals surface area (Å²) in [7, 11) is 1.69. The van der Waals surface area contributed by atoms with Crippen molar-refractivity contribution in [2.24, 2.45) is 0 Å². The number of carboxylic acids is 1. The average molecular weight is 422 g/mol. The van der Waals surface area contributed by atoms with Gasteiger partial charge in [0.15, 0.2) is 0 Å². The largest absolute Gasteiger partial charge is 0.497 e. The van der Waals surface area contributed by atoms with E-state index in [0.29, 0.717) is 12.1 Å². The minimum atomic E-state index is -5.08. The molecule has 0 saturated carbocycles. The fourth-order valence-corrected chi connectivity index (χ4v) is 2.67.